The number of fused-ring (bicyclic) bond motifs is 1. The van der Waals surface area contributed by atoms with E-state index in [2.05, 4.69) is 5.32 Å². The standard InChI is InChI=1S/C21H23FN2O4S/c22-19-9-8-16(14-20(19)29(26,27)24-10-12-28-13-11-24)23-21(25)18-7-3-5-15-4-1-2-6-17(15)18/h1-2,4,6,8-9,14,18H,3,5,7,10-13H2,(H,23,25). The molecule has 4 rings (SSSR count). The zero-order chi connectivity index (χ0) is 20.4. The van der Waals surface area contributed by atoms with Crippen molar-refractivity contribution in [3.8, 4) is 0 Å². The Labute approximate surface area is 169 Å². The Kier molecular flexibility index (Phi) is 5.67. The van der Waals surface area contributed by atoms with Gasteiger partial charge in [-0.3, -0.25) is 4.79 Å². The van der Waals surface area contributed by atoms with Crippen molar-refractivity contribution in [3.63, 3.8) is 0 Å². The first-order valence-electron chi connectivity index (χ1n) is 9.73. The Morgan fingerprint density at radius 3 is 2.69 bits per heavy atom. The van der Waals surface area contributed by atoms with Crippen molar-refractivity contribution in [3.05, 3.63) is 59.4 Å². The van der Waals surface area contributed by atoms with E-state index in [0.717, 1.165) is 36.5 Å². The van der Waals surface area contributed by atoms with Crippen LogP contribution in [0.3, 0.4) is 0 Å². The van der Waals surface area contributed by atoms with E-state index in [-0.39, 0.29) is 43.8 Å². The number of aryl methyl sites for hydroxylation is 1. The molecule has 1 amide bonds. The molecular weight excluding hydrogens is 395 g/mol. The van der Waals surface area contributed by atoms with Crippen LogP contribution in [0.25, 0.3) is 0 Å². The fraction of sp³-hybridized carbons (Fsp3) is 0.381. The monoisotopic (exact) mass is 418 g/mol. The minimum atomic E-state index is -4.00. The van der Waals surface area contributed by atoms with Gasteiger partial charge in [0.15, 0.2) is 0 Å². The second kappa shape index (κ2) is 8.22. The fourth-order valence-electron chi connectivity index (χ4n) is 3.96. The predicted octanol–water partition coefficient (Wildman–Crippen LogP) is 2.91. The van der Waals surface area contributed by atoms with E-state index in [1.165, 1.54) is 16.4 Å². The van der Waals surface area contributed by atoms with E-state index in [9.17, 15) is 17.6 Å². The minimum absolute atomic E-state index is 0.178. The normalized spacial score (nSPS) is 20.1. The van der Waals surface area contributed by atoms with Crippen LogP contribution in [0.15, 0.2) is 47.4 Å². The van der Waals surface area contributed by atoms with Gasteiger partial charge in [0, 0.05) is 18.8 Å². The number of hydrogen-bond acceptors (Lipinski definition) is 4. The molecule has 2 aliphatic rings. The van der Waals surface area contributed by atoms with Crippen molar-refractivity contribution < 1.29 is 22.3 Å². The molecule has 0 saturated carbocycles. The molecule has 154 valence electrons. The summed E-state index contributed by atoms with van der Waals surface area (Å²) in [7, 11) is -4.00. The van der Waals surface area contributed by atoms with Crippen molar-refractivity contribution in [1.29, 1.82) is 0 Å². The van der Waals surface area contributed by atoms with Crippen LogP contribution in [0.4, 0.5) is 10.1 Å². The summed E-state index contributed by atoms with van der Waals surface area (Å²) in [6.07, 6.45) is 2.58. The number of sulfonamides is 1. The highest BCUT2D eigenvalue weighted by Crippen LogP contribution is 2.33. The zero-order valence-electron chi connectivity index (χ0n) is 15.9. The molecule has 1 heterocycles. The van der Waals surface area contributed by atoms with Crippen molar-refractivity contribution in [1.82, 2.24) is 4.31 Å². The predicted molar refractivity (Wildman–Crippen MR) is 107 cm³/mol. The Balaban J connectivity index is 1.58. The van der Waals surface area contributed by atoms with Crippen LogP contribution < -0.4 is 5.32 Å². The zero-order valence-corrected chi connectivity index (χ0v) is 16.8. The molecule has 1 unspecified atom stereocenters. The van der Waals surface area contributed by atoms with Gasteiger partial charge in [-0.1, -0.05) is 24.3 Å². The third kappa shape index (κ3) is 4.05. The van der Waals surface area contributed by atoms with Gasteiger partial charge in [-0.25, -0.2) is 12.8 Å². The molecule has 2 aromatic carbocycles. The van der Waals surface area contributed by atoms with Crippen LogP contribution in [0.5, 0.6) is 0 Å². The number of anilines is 1. The van der Waals surface area contributed by atoms with Gasteiger partial charge in [-0.05, 0) is 48.6 Å². The molecule has 2 aromatic rings. The minimum Gasteiger partial charge on any atom is -0.379 e. The molecule has 6 nitrogen and oxygen atoms in total. The topological polar surface area (TPSA) is 75.7 Å². The third-order valence-corrected chi connectivity index (χ3v) is 7.39. The van der Waals surface area contributed by atoms with Gasteiger partial charge in [-0.15, -0.1) is 0 Å². The molecule has 1 fully saturated rings. The van der Waals surface area contributed by atoms with Crippen LogP contribution in [0.2, 0.25) is 0 Å². The summed E-state index contributed by atoms with van der Waals surface area (Å²) in [5, 5.41) is 2.78. The van der Waals surface area contributed by atoms with Crippen molar-refractivity contribution in [2.75, 3.05) is 31.6 Å². The van der Waals surface area contributed by atoms with Crippen LogP contribution in [0, 0.1) is 5.82 Å². The Morgan fingerprint density at radius 2 is 1.90 bits per heavy atom. The number of halogens is 1. The lowest BCUT2D eigenvalue weighted by Gasteiger charge is -2.26. The second-order valence-electron chi connectivity index (χ2n) is 7.29. The molecule has 0 aromatic heterocycles. The van der Waals surface area contributed by atoms with E-state index >= 15 is 0 Å². The molecule has 0 spiro atoms. The maximum atomic E-state index is 14.4. The lowest BCUT2D eigenvalue weighted by atomic mass is 9.82. The first-order chi connectivity index (χ1) is 14.0. The summed E-state index contributed by atoms with van der Waals surface area (Å²) < 4.78 is 46.4. The highest BCUT2D eigenvalue weighted by atomic mass is 32.2. The Hall–Kier alpha value is -2.29. The molecule has 29 heavy (non-hydrogen) atoms. The van der Waals surface area contributed by atoms with Gasteiger partial charge in [0.2, 0.25) is 15.9 Å². The van der Waals surface area contributed by atoms with E-state index in [1.807, 2.05) is 24.3 Å². The Bertz CT molecular complexity index is 1020. The third-order valence-electron chi connectivity index (χ3n) is 5.47. The number of benzene rings is 2. The number of carbonyl (C=O) groups excluding carboxylic acids is 1. The maximum Gasteiger partial charge on any atom is 0.246 e. The number of ether oxygens (including phenoxy) is 1. The molecule has 1 atom stereocenters. The number of nitrogens with one attached hydrogen (secondary N) is 1. The summed E-state index contributed by atoms with van der Waals surface area (Å²) in [6, 6.07) is 11.5. The molecule has 1 N–H and O–H groups in total. The van der Waals surface area contributed by atoms with Crippen LogP contribution in [-0.4, -0.2) is 44.9 Å². The van der Waals surface area contributed by atoms with Gasteiger partial charge in [0.05, 0.1) is 19.1 Å². The van der Waals surface area contributed by atoms with E-state index < -0.39 is 20.7 Å². The van der Waals surface area contributed by atoms with Crippen molar-refractivity contribution >= 4 is 21.6 Å². The van der Waals surface area contributed by atoms with Crippen LogP contribution in [-0.2, 0) is 26.0 Å². The number of carbonyl (C=O) groups is 1. The molecule has 8 heteroatoms. The van der Waals surface area contributed by atoms with Gasteiger partial charge in [0.1, 0.15) is 10.7 Å². The smallest absolute Gasteiger partial charge is 0.246 e. The van der Waals surface area contributed by atoms with Gasteiger partial charge < -0.3 is 10.1 Å². The molecular formula is C21H23FN2O4S. The maximum absolute atomic E-state index is 14.4. The fourth-order valence-corrected chi connectivity index (χ4v) is 5.46. The largest absolute Gasteiger partial charge is 0.379 e. The molecule has 1 aliphatic heterocycles. The molecule has 0 bridgehead atoms. The first-order valence-corrected chi connectivity index (χ1v) is 11.2. The average molecular weight is 418 g/mol. The molecule has 1 aliphatic carbocycles. The van der Waals surface area contributed by atoms with Crippen molar-refractivity contribution in [2.45, 2.75) is 30.1 Å². The lowest BCUT2D eigenvalue weighted by molar-refractivity contribution is -0.117. The summed E-state index contributed by atoms with van der Waals surface area (Å²) in [4.78, 5) is 12.5. The number of rotatable bonds is 4. The number of morpholine rings is 1. The lowest BCUT2D eigenvalue weighted by Crippen LogP contribution is -2.40. The van der Waals surface area contributed by atoms with Gasteiger partial charge in [-0.2, -0.15) is 4.31 Å². The SMILES string of the molecule is O=C(Nc1ccc(F)c(S(=O)(=O)N2CCOCC2)c1)C1CCCc2ccccc21. The highest BCUT2D eigenvalue weighted by Gasteiger charge is 2.30. The van der Waals surface area contributed by atoms with E-state index in [4.69, 9.17) is 4.74 Å². The van der Waals surface area contributed by atoms with Gasteiger partial charge >= 0.3 is 0 Å². The van der Waals surface area contributed by atoms with Gasteiger partial charge in [0.25, 0.3) is 0 Å². The quantitative estimate of drug-likeness (QED) is 0.829. The average Bonchev–Trinajstić information content (AvgIpc) is 2.75. The molecule has 0 radical (unpaired) electrons. The highest BCUT2D eigenvalue weighted by molar-refractivity contribution is 7.89. The summed E-state index contributed by atoms with van der Waals surface area (Å²) in [5.41, 5.74) is 2.43. The summed E-state index contributed by atoms with van der Waals surface area (Å²) in [5.74, 6) is -1.35. The van der Waals surface area contributed by atoms with Crippen LogP contribution in [0.1, 0.15) is 29.9 Å². The second-order valence-corrected chi connectivity index (χ2v) is 9.20. The number of hydrogen-bond donors (Lipinski definition) is 1. The van der Waals surface area contributed by atoms with E-state index in [0.29, 0.717) is 0 Å². The summed E-state index contributed by atoms with van der Waals surface area (Å²) in [6.45, 7) is 0.908. The molecule has 1 saturated heterocycles. The summed E-state index contributed by atoms with van der Waals surface area (Å²) >= 11 is 0. The number of amides is 1. The van der Waals surface area contributed by atoms with Crippen molar-refractivity contribution in [2.24, 2.45) is 0 Å². The van der Waals surface area contributed by atoms with E-state index in [1.54, 1.807) is 0 Å². The number of nitrogens with zero attached hydrogens (tertiary/aromatic N) is 1. The first kappa shape index (κ1) is 20.0. The van der Waals surface area contributed by atoms with Crippen LogP contribution >= 0.6 is 0 Å². The Morgan fingerprint density at radius 1 is 1.14 bits per heavy atom.